The van der Waals surface area contributed by atoms with Gasteiger partial charge in [-0.1, -0.05) is 99.4 Å². The summed E-state index contributed by atoms with van der Waals surface area (Å²) in [6.07, 6.45) is 6.79. The number of hydrogen-bond acceptors (Lipinski definition) is 26. The molecule has 0 radical (unpaired) electrons. The fourth-order valence-electron chi connectivity index (χ4n) is 17.1. The molecular formula is C90H150N24O19S3. The first-order valence-electron chi connectivity index (χ1n) is 47.9. The van der Waals surface area contributed by atoms with Crippen LogP contribution in [0.25, 0.3) is 0 Å². The zero-order valence-electron chi connectivity index (χ0n) is 79.9. The quantitative estimate of drug-likeness (QED) is 0.0135. The van der Waals surface area contributed by atoms with Crippen molar-refractivity contribution in [1.29, 1.82) is 5.41 Å². The van der Waals surface area contributed by atoms with E-state index in [-0.39, 0.29) is 178 Å². The largest absolute Gasteiger partial charge is 0.394 e. The van der Waals surface area contributed by atoms with E-state index in [1.807, 2.05) is 6.92 Å². The van der Waals surface area contributed by atoms with Gasteiger partial charge >= 0.3 is 0 Å². The van der Waals surface area contributed by atoms with Crippen molar-refractivity contribution in [1.82, 2.24) is 94.0 Å². The third-order valence-corrected chi connectivity index (χ3v) is 27.7. The Bertz CT molecular complexity index is 4190. The first-order chi connectivity index (χ1) is 64.9. The minimum atomic E-state index is -1.81. The number of primary amides is 1. The van der Waals surface area contributed by atoms with Crippen LogP contribution in [0.15, 0.2) is 30.3 Å². The highest BCUT2D eigenvalue weighted by Gasteiger charge is 2.47. The second-order valence-corrected chi connectivity index (χ2v) is 39.8. The Morgan fingerprint density at radius 3 is 1.65 bits per heavy atom. The molecule has 5 saturated heterocycles. The molecule has 0 aliphatic carbocycles. The lowest BCUT2D eigenvalue weighted by Gasteiger charge is -2.33. The molecule has 0 spiro atoms. The summed E-state index contributed by atoms with van der Waals surface area (Å²) in [5.41, 5.74) is 29.5. The maximum atomic E-state index is 15.6. The van der Waals surface area contributed by atoms with Gasteiger partial charge in [0.25, 0.3) is 0 Å². The lowest BCUT2D eigenvalue weighted by atomic mass is 10.0. The van der Waals surface area contributed by atoms with Gasteiger partial charge in [0.15, 0.2) is 5.96 Å². The minimum Gasteiger partial charge on any atom is -0.394 e. The first-order valence-corrected chi connectivity index (χ1v) is 51.8. The fraction of sp³-hybridized carbons (Fsp3) is 0.722. The van der Waals surface area contributed by atoms with Crippen LogP contribution in [-0.4, -0.2) is 322 Å². The van der Waals surface area contributed by atoms with Crippen LogP contribution in [0.3, 0.4) is 0 Å². The number of thioether (sulfide) groups is 1. The summed E-state index contributed by atoms with van der Waals surface area (Å²) < 4.78 is 0. The van der Waals surface area contributed by atoms with Gasteiger partial charge in [0.2, 0.25) is 106 Å². The van der Waals surface area contributed by atoms with Gasteiger partial charge in [-0.25, -0.2) is 0 Å². The van der Waals surface area contributed by atoms with Gasteiger partial charge < -0.3 is 128 Å². The van der Waals surface area contributed by atoms with E-state index in [4.69, 9.17) is 34.1 Å². The molecule has 26 N–H and O–H groups in total. The average Bonchev–Trinajstić information content (AvgIpc) is 1.66. The molecular weight excluding hydrogens is 1820 g/mol. The van der Waals surface area contributed by atoms with Gasteiger partial charge in [0.1, 0.15) is 103 Å². The number of aliphatic hydroxyl groups is 1. The summed E-state index contributed by atoms with van der Waals surface area (Å²) in [5, 5.41) is 57.1. The van der Waals surface area contributed by atoms with Gasteiger partial charge in [-0.3, -0.25) is 91.7 Å². The molecule has 0 bridgehead atoms. The second kappa shape index (κ2) is 59.9. The number of nitrogens with one attached hydrogen (secondary N) is 15. The maximum absolute atomic E-state index is 15.6. The molecule has 0 aromatic heterocycles. The van der Waals surface area contributed by atoms with Crippen LogP contribution >= 0.6 is 33.3 Å². The molecule has 5 aliphatic heterocycles. The molecule has 1 aromatic carbocycles. The standard InChI is InChI=1S/C90H150N24O19S3/c1-9-10-27-62-86(130)111-42-21-32-68(111)83(127)98-54(6)74(118)109-66(50-115)81(125)108-65(49-56-25-12-11-13-26-56)80(124)110-67(82(126)106-63(30-16-19-40-93)87(131)114-45-24-35-71(114)88(132)112-43-22-33-69(112)84(128)100-57(73(94)117)28-14-17-38-91)51-136-135-47-37-61(103-77(121)60(36-46-134-8)104-85(129)70-34-23-44-113(70)89(133)72(53(4)5)99-55(7)116)78(122)107-64(48-52(2)3)79(123)102-59(31-20-41-97-90(95)96)75(119)101-58(76(120)105-62)29-15-18-39-92/h11-13,25-26,52-54,57-72,115H,9-10,14-24,27-51,91-93H2,1-8H3,(H2,94,117)(H,98,127)(H,99,116)(H,100,128)(H,101,119)(H,102,123)(H,103,121)(H,104,129)(H,105,120)(H,106,126)(H,107,122)(H,108,125)(H,109,118)(H,110,124)(H4,95,96,97)/t54-,57-,58-,59-,60-,61?,62-,63-,64-,65-,66-,67-,68-,69-,70-,71-,72-/m0/s1. The number of guanidine groups is 1. The molecule has 136 heavy (non-hydrogen) atoms. The number of carbonyl (C=O) groups excluding carboxylic acids is 18. The highest BCUT2D eigenvalue weighted by Crippen LogP contribution is 2.30. The zero-order chi connectivity index (χ0) is 100. The van der Waals surface area contributed by atoms with Crippen LogP contribution < -0.4 is 103 Å². The summed E-state index contributed by atoms with van der Waals surface area (Å²) in [5.74, 6) is -15.4. The predicted octanol–water partition coefficient (Wildman–Crippen LogP) is -2.91. The van der Waals surface area contributed by atoms with Crippen molar-refractivity contribution in [2.75, 3.05) is 82.5 Å². The smallest absolute Gasteiger partial charge is 0.246 e. The minimum absolute atomic E-state index is 0.00916. The van der Waals surface area contributed by atoms with Gasteiger partial charge in [0, 0.05) is 57.6 Å². The van der Waals surface area contributed by atoms with Crippen molar-refractivity contribution in [3.8, 4) is 0 Å². The number of hydrogen-bond donors (Lipinski definition) is 21. The Morgan fingerprint density at radius 1 is 0.537 bits per heavy atom. The van der Waals surface area contributed by atoms with E-state index in [2.05, 4.69) is 74.4 Å². The average molecular weight is 1970 g/mol. The van der Waals surface area contributed by atoms with Crippen LogP contribution in [0.1, 0.15) is 215 Å². The van der Waals surface area contributed by atoms with Crippen LogP contribution in [-0.2, 0) is 92.7 Å². The van der Waals surface area contributed by atoms with Crippen LogP contribution in [0.5, 0.6) is 0 Å². The van der Waals surface area contributed by atoms with Gasteiger partial charge in [0.05, 0.1) is 6.61 Å². The number of aliphatic hydroxyl groups excluding tert-OH is 1. The van der Waals surface area contributed by atoms with Crippen LogP contribution in [0, 0.1) is 17.2 Å². The van der Waals surface area contributed by atoms with Crippen LogP contribution in [0.4, 0.5) is 0 Å². The molecule has 46 heteroatoms. The monoisotopic (exact) mass is 1970 g/mol. The van der Waals surface area contributed by atoms with E-state index in [1.165, 1.54) is 45.2 Å². The van der Waals surface area contributed by atoms with Gasteiger partial charge in [-0.2, -0.15) is 11.8 Å². The van der Waals surface area contributed by atoms with E-state index in [9.17, 15) is 57.8 Å². The normalized spacial score (nSPS) is 24.5. The number of unbranched alkanes of at least 4 members (excludes halogenated alkanes) is 4. The second-order valence-electron chi connectivity index (χ2n) is 36.1. The highest BCUT2D eigenvalue weighted by molar-refractivity contribution is 8.76. The Kier molecular flexibility index (Phi) is 50.4. The van der Waals surface area contributed by atoms with E-state index in [0.29, 0.717) is 76.3 Å². The van der Waals surface area contributed by atoms with E-state index < -0.39 is 222 Å². The van der Waals surface area contributed by atoms with Gasteiger partial charge in [-0.05, 0) is 204 Å². The molecule has 5 heterocycles. The van der Waals surface area contributed by atoms with Crippen molar-refractivity contribution in [2.45, 2.75) is 318 Å². The molecule has 762 valence electrons. The lowest BCUT2D eigenvalue weighted by Crippen LogP contribution is -2.61. The maximum Gasteiger partial charge on any atom is 0.246 e. The number of fused-ring (bicyclic) bond motifs is 1. The molecule has 43 nitrogen and oxygen atoms in total. The van der Waals surface area contributed by atoms with Crippen LogP contribution in [0.2, 0.25) is 0 Å². The number of amides is 18. The van der Waals surface area contributed by atoms with Crippen molar-refractivity contribution < 1.29 is 91.4 Å². The number of nitrogens with zero attached hydrogens (tertiary/aromatic N) is 4. The number of carbonyl (C=O) groups is 18. The first kappa shape index (κ1) is 115. The van der Waals surface area contributed by atoms with E-state index in [0.717, 1.165) is 21.6 Å². The third-order valence-electron chi connectivity index (χ3n) is 24.6. The summed E-state index contributed by atoms with van der Waals surface area (Å²) >= 11 is 1.34. The Morgan fingerprint density at radius 2 is 1.06 bits per heavy atom. The highest BCUT2D eigenvalue weighted by atomic mass is 33.1. The number of likely N-dealkylation sites (tertiary alicyclic amines) is 3. The SMILES string of the molecule is CCCC[C@@H]1NC(=O)[C@H](CCCCN)NC(=O)[C@H](CCCNC(=N)N)NC(=O)[C@H](CC(C)C)NC(=O)C(NC(=O)[C@H](CCSC)NC(=O)[C@@H]2CCCN2C(=O)[C@@H](NC(C)=O)C(C)C)CCSSC[C@@H](C(=O)N[C@@H](CCCCN)C(=O)N2CCC[C@H]2C(=O)N2CCC[C@H]2C(=O)N[C@@H](CCCCN)C(N)=O)NC(=O)[C@H](Cc2ccccc2)NC(=O)[C@H](CO)NC(=O)[C@H](C)NC(=O)[C@@H]2CCCN2C1=O. The van der Waals surface area contributed by atoms with Crippen molar-refractivity contribution >= 4 is 146 Å². The lowest BCUT2D eigenvalue weighted by molar-refractivity contribution is -0.148. The molecule has 1 aromatic rings. The summed E-state index contributed by atoms with van der Waals surface area (Å²) in [6, 6.07) is -14.6. The Hall–Kier alpha value is -10.2. The topological polar surface area (TPSA) is 663 Å². The Balaban J connectivity index is 1.48. The molecule has 17 atom stereocenters. The van der Waals surface area contributed by atoms with E-state index >= 15 is 33.6 Å². The van der Waals surface area contributed by atoms with Crippen molar-refractivity contribution in [3.05, 3.63) is 35.9 Å². The van der Waals surface area contributed by atoms with Crippen molar-refractivity contribution in [3.63, 3.8) is 0 Å². The molecule has 6 rings (SSSR count). The summed E-state index contributed by atoms with van der Waals surface area (Å²) in [4.78, 5) is 269. The third kappa shape index (κ3) is 36.6. The fourth-order valence-corrected chi connectivity index (χ4v) is 19.8. The Labute approximate surface area is 809 Å². The zero-order valence-corrected chi connectivity index (χ0v) is 82.4. The molecule has 18 amide bonds. The van der Waals surface area contributed by atoms with Crippen molar-refractivity contribution in [2.24, 2.45) is 40.5 Å². The summed E-state index contributed by atoms with van der Waals surface area (Å²) in [7, 11) is 2.01. The predicted molar refractivity (Wildman–Crippen MR) is 516 cm³/mol. The molecule has 0 saturated carbocycles. The number of nitrogens with two attached hydrogens (primary N) is 5. The molecule has 5 fully saturated rings. The number of benzene rings is 1. The van der Waals surface area contributed by atoms with Gasteiger partial charge in [-0.15, -0.1) is 0 Å². The summed E-state index contributed by atoms with van der Waals surface area (Å²) in [6.45, 7) is 11.5. The molecule has 1 unspecified atom stereocenters. The van der Waals surface area contributed by atoms with E-state index in [1.54, 1.807) is 64.3 Å². The molecule has 5 aliphatic rings. The number of rotatable bonds is 41.